The summed E-state index contributed by atoms with van der Waals surface area (Å²) in [6.45, 7) is 0.554. The van der Waals surface area contributed by atoms with Crippen LogP contribution in [0, 0.1) is 0 Å². The third-order valence-corrected chi connectivity index (χ3v) is 6.97. The Morgan fingerprint density at radius 2 is 1.86 bits per heavy atom. The Hall–Kier alpha value is -4.03. The van der Waals surface area contributed by atoms with Crippen LogP contribution in [-0.2, 0) is 12.1 Å². The first kappa shape index (κ1) is 21.5. The van der Waals surface area contributed by atoms with Gasteiger partial charge in [-0.05, 0) is 66.4 Å². The molecular weight excluding hydrogens is 464 g/mol. The van der Waals surface area contributed by atoms with Gasteiger partial charge in [0.1, 0.15) is 5.58 Å². The predicted molar refractivity (Wildman–Crippen MR) is 134 cm³/mol. The fourth-order valence-electron chi connectivity index (χ4n) is 4.80. The van der Waals surface area contributed by atoms with E-state index in [1.165, 1.54) is 0 Å². The van der Waals surface area contributed by atoms with Crippen molar-refractivity contribution in [3.05, 3.63) is 106 Å². The highest BCUT2D eigenvalue weighted by molar-refractivity contribution is 6.30. The molecule has 6 rings (SSSR count). The summed E-state index contributed by atoms with van der Waals surface area (Å²) >= 11 is 6.19. The Balaban J connectivity index is 1.40. The summed E-state index contributed by atoms with van der Waals surface area (Å²) in [6, 6.07) is 20.1. The number of aromatic carboxylic acids is 1. The number of rotatable bonds is 6. The summed E-state index contributed by atoms with van der Waals surface area (Å²) in [5.74, 6) is -1.15. The van der Waals surface area contributed by atoms with E-state index in [4.69, 9.17) is 16.0 Å². The molecule has 2 N–H and O–H groups in total. The lowest BCUT2D eigenvalue weighted by molar-refractivity contribution is 0.0696. The number of nitrogens with zero attached hydrogens (tertiary/aromatic N) is 1. The number of nitrogens with one attached hydrogen (secondary N) is 1. The molecule has 0 bridgehead atoms. The van der Waals surface area contributed by atoms with Gasteiger partial charge in [-0.25, -0.2) is 4.79 Å². The van der Waals surface area contributed by atoms with Gasteiger partial charge < -0.3 is 19.4 Å². The van der Waals surface area contributed by atoms with Crippen molar-refractivity contribution in [2.75, 3.05) is 0 Å². The Kier molecular flexibility index (Phi) is 4.93. The van der Waals surface area contributed by atoms with Crippen LogP contribution in [0.5, 0.6) is 0 Å². The number of furan rings is 1. The highest BCUT2D eigenvalue weighted by Crippen LogP contribution is 2.46. The van der Waals surface area contributed by atoms with E-state index < -0.39 is 11.5 Å². The zero-order valence-corrected chi connectivity index (χ0v) is 19.4. The first-order chi connectivity index (χ1) is 16.9. The zero-order valence-electron chi connectivity index (χ0n) is 18.6. The van der Waals surface area contributed by atoms with E-state index in [0.717, 1.165) is 45.8 Å². The van der Waals surface area contributed by atoms with Crippen molar-refractivity contribution in [2.45, 2.75) is 24.9 Å². The highest BCUT2D eigenvalue weighted by atomic mass is 35.5. The quantitative estimate of drug-likeness (QED) is 0.300. The summed E-state index contributed by atoms with van der Waals surface area (Å²) in [4.78, 5) is 24.9. The molecule has 2 heterocycles. The van der Waals surface area contributed by atoms with E-state index in [1.54, 1.807) is 30.5 Å². The smallest absolute Gasteiger partial charge is 0.335 e. The van der Waals surface area contributed by atoms with E-state index in [1.807, 2.05) is 53.2 Å². The molecule has 0 radical (unpaired) electrons. The molecule has 2 aromatic heterocycles. The average Bonchev–Trinajstić information content (AvgIpc) is 3.26. The lowest BCUT2D eigenvalue weighted by atomic mass is 10.0. The number of amides is 1. The second-order valence-corrected chi connectivity index (χ2v) is 9.45. The van der Waals surface area contributed by atoms with Gasteiger partial charge in [0.25, 0.3) is 5.91 Å². The minimum atomic E-state index is -0.971. The van der Waals surface area contributed by atoms with Gasteiger partial charge in [0, 0.05) is 28.5 Å². The van der Waals surface area contributed by atoms with Gasteiger partial charge in [0.15, 0.2) is 0 Å². The Labute approximate surface area is 205 Å². The van der Waals surface area contributed by atoms with Crippen molar-refractivity contribution >= 4 is 45.3 Å². The standard InChI is InChI=1S/C28H21ClN2O4/c29-21-3-1-2-17(14-21)16-31-12-8-22-24(31)23(15-19-9-13-35-25(19)22)26(32)30-28(10-11-28)20-6-4-18(5-7-20)27(33)34/h1-9,12-15H,10-11,16H2,(H,30,32)(H,33,34). The van der Waals surface area contributed by atoms with Gasteiger partial charge >= 0.3 is 5.97 Å². The summed E-state index contributed by atoms with van der Waals surface area (Å²) in [6.07, 6.45) is 5.19. The molecule has 3 aromatic carbocycles. The topological polar surface area (TPSA) is 84.5 Å². The van der Waals surface area contributed by atoms with Gasteiger partial charge in [0.2, 0.25) is 0 Å². The van der Waals surface area contributed by atoms with Crippen LogP contribution < -0.4 is 5.32 Å². The number of benzene rings is 3. The summed E-state index contributed by atoms with van der Waals surface area (Å²) in [7, 11) is 0. The number of carbonyl (C=O) groups excluding carboxylic acids is 1. The highest BCUT2D eigenvalue weighted by Gasteiger charge is 2.46. The molecule has 6 nitrogen and oxygen atoms in total. The molecule has 5 aromatic rings. The second-order valence-electron chi connectivity index (χ2n) is 9.02. The lowest BCUT2D eigenvalue weighted by Crippen LogP contribution is -2.35. The first-order valence-electron chi connectivity index (χ1n) is 11.3. The SMILES string of the molecule is O=C(O)c1ccc(C2(NC(=O)c3cc4ccoc4c4ccn(Cc5cccc(Cl)c5)c34)CC2)cc1. The van der Waals surface area contributed by atoms with Crippen LogP contribution in [0.2, 0.25) is 5.02 Å². The van der Waals surface area contributed by atoms with Crippen molar-refractivity contribution in [3.8, 4) is 0 Å². The van der Waals surface area contributed by atoms with E-state index in [9.17, 15) is 14.7 Å². The molecule has 174 valence electrons. The van der Waals surface area contributed by atoms with Gasteiger partial charge in [-0.2, -0.15) is 0 Å². The molecule has 0 aliphatic heterocycles. The van der Waals surface area contributed by atoms with Crippen LogP contribution in [0.1, 0.15) is 44.7 Å². The lowest BCUT2D eigenvalue weighted by Gasteiger charge is -2.19. The number of carboxylic acids is 1. The van der Waals surface area contributed by atoms with Crippen molar-refractivity contribution in [3.63, 3.8) is 0 Å². The van der Waals surface area contributed by atoms with Gasteiger partial charge in [-0.3, -0.25) is 4.79 Å². The van der Waals surface area contributed by atoms with E-state index >= 15 is 0 Å². The van der Waals surface area contributed by atoms with Crippen LogP contribution >= 0.6 is 11.6 Å². The number of carboxylic acid groups (broad SMARTS) is 1. The van der Waals surface area contributed by atoms with Crippen molar-refractivity contribution in [1.82, 2.24) is 9.88 Å². The number of hydrogen-bond donors (Lipinski definition) is 2. The van der Waals surface area contributed by atoms with Crippen LogP contribution in [-0.4, -0.2) is 21.6 Å². The normalized spacial score (nSPS) is 14.3. The summed E-state index contributed by atoms with van der Waals surface area (Å²) in [5, 5.41) is 14.8. The van der Waals surface area contributed by atoms with E-state index in [-0.39, 0.29) is 11.5 Å². The van der Waals surface area contributed by atoms with E-state index in [0.29, 0.717) is 17.1 Å². The predicted octanol–water partition coefficient (Wildman–Crippen LogP) is 6.21. The van der Waals surface area contributed by atoms with Crippen LogP contribution in [0.25, 0.3) is 21.9 Å². The summed E-state index contributed by atoms with van der Waals surface area (Å²) < 4.78 is 7.79. The van der Waals surface area contributed by atoms with Gasteiger partial charge in [0.05, 0.1) is 28.4 Å². The third kappa shape index (κ3) is 3.76. The molecule has 0 spiro atoms. The maximum atomic E-state index is 13.7. The molecule has 1 aliphatic rings. The Morgan fingerprint density at radius 3 is 2.57 bits per heavy atom. The van der Waals surface area contributed by atoms with Crippen molar-refractivity contribution < 1.29 is 19.1 Å². The summed E-state index contributed by atoms with van der Waals surface area (Å²) in [5.41, 5.74) is 3.77. The number of fused-ring (bicyclic) bond motifs is 3. The fourth-order valence-corrected chi connectivity index (χ4v) is 5.01. The number of halogens is 1. The largest absolute Gasteiger partial charge is 0.478 e. The average molecular weight is 485 g/mol. The monoisotopic (exact) mass is 484 g/mol. The molecule has 1 amide bonds. The van der Waals surface area contributed by atoms with Crippen LogP contribution in [0.3, 0.4) is 0 Å². The van der Waals surface area contributed by atoms with Gasteiger partial charge in [-0.1, -0.05) is 35.9 Å². The molecule has 0 saturated heterocycles. The fraction of sp³-hybridized carbons (Fsp3) is 0.143. The Morgan fingerprint density at radius 1 is 1.06 bits per heavy atom. The van der Waals surface area contributed by atoms with Crippen molar-refractivity contribution in [2.24, 2.45) is 0 Å². The molecule has 35 heavy (non-hydrogen) atoms. The minimum absolute atomic E-state index is 0.177. The Bertz CT molecular complexity index is 1610. The van der Waals surface area contributed by atoms with Crippen LogP contribution in [0.4, 0.5) is 0 Å². The molecule has 1 fully saturated rings. The molecule has 1 saturated carbocycles. The maximum Gasteiger partial charge on any atom is 0.335 e. The first-order valence-corrected chi connectivity index (χ1v) is 11.7. The molecule has 1 aliphatic carbocycles. The zero-order chi connectivity index (χ0) is 24.2. The van der Waals surface area contributed by atoms with Crippen LogP contribution in [0.15, 0.2) is 83.6 Å². The number of hydrogen-bond acceptors (Lipinski definition) is 3. The minimum Gasteiger partial charge on any atom is -0.478 e. The maximum absolute atomic E-state index is 13.7. The van der Waals surface area contributed by atoms with Crippen molar-refractivity contribution in [1.29, 1.82) is 0 Å². The number of carbonyl (C=O) groups is 2. The molecule has 0 atom stereocenters. The second kappa shape index (κ2) is 8.03. The molecule has 0 unspecified atom stereocenters. The molecular formula is C28H21ClN2O4. The number of aromatic nitrogens is 1. The van der Waals surface area contributed by atoms with Gasteiger partial charge in [-0.15, -0.1) is 0 Å². The third-order valence-electron chi connectivity index (χ3n) is 6.73. The molecule has 7 heteroatoms. The van der Waals surface area contributed by atoms with E-state index in [2.05, 4.69) is 5.32 Å².